The van der Waals surface area contributed by atoms with Crippen molar-refractivity contribution in [2.24, 2.45) is 0 Å². The van der Waals surface area contributed by atoms with Gasteiger partial charge in [0.1, 0.15) is 12.3 Å². The van der Waals surface area contributed by atoms with Crippen LogP contribution in [-0.4, -0.2) is 53.6 Å². The highest BCUT2D eigenvalue weighted by Gasteiger charge is 2.36. The zero-order valence-corrected chi connectivity index (χ0v) is 19.5. The van der Waals surface area contributed by atoms with E-state index in [1.807, 2.05) is 30.3 Å². The number of carbonyl (C=O) groups is 4. The Kier molecular flexibility index (Phi) is 6.91. The highest BCUT2D eigenvalue weighted by atomic mass is 16.5. The predicted molar refractivity (Wildman–Crippen MR) is 130 cm³/mol. The SMILES string of the molecule is CCN(CC(=O)Nc1cccc(OC)c1)C(=O)c1ccc2c(c1)C(=O)N(Cc1ccccc1)C2=O. The number of carbonyl (C=O) groups excluding carboxylic acids is 4. The molecule has 35 heavy (non-hydrogen) atoms. The number of benzene rings is 3. The van der Waals surface area contributed by atoms with Crippen LogP contribution in [0.5, 0.6) is 5.75 Å². The minimum Gasteiger partial charge on any atom is -0.497 e. The molecule has 0 bridgehead atoms. The highest BCUT2D eigenvalue weighted by Crippen LogP contribution is 2.26. The molecule has 0 saturated carbocycles. The van der Waals surface area contributed by atoms with E-state index < -0.39 is 17.7 Å². The Morgan fingerprint density at radius 2 is 1.66 bits per heavy atom. The van der Waals surface area contributed by atoms with Gasteiger partial charge >= 0.3 is 0 Å². The summed E-state index contributed by atoms with van der Waals surface area (Å²) in [5, 5.41) is 2.75. The zero-order chi connectivity index (χ0) is 24.9. The fraction of sp³-hybridized carbons (Fsp3) is 0.185. The number of imide groups is 1. The molecule has 0 aromatic heterocycles. The number of amides is 4. The monoisotopic (exact) mass is 471 g/mol. The molecule has 4 amide bonds. The molecule has 8 nitrogen and oxygen atoms in total. The number of methoxy groups -OCH3 is 1. The van der Waals surface area contributed by atoms with Crippen LogP contribution in [-0.2, 0) is 11.3 Å². The van der Waals surface area contributed by atoms with E-state index in [0.717, 1.165) is 5.56 Å². The molecule has 0 radical (unpaired) electrons. The van der Waals surface area contributed by atoms with Crippen LogP contribution in [0.1, 0.15) is 43.6 Å². The maximum absolute atomic E-state index is 13.1. The maximum Gasteiger partial charge on any atom is 0.261 e. The predicted octanol–water partition coefficient (Wildman–Crippen LogP) is 3.59. The molecule has 1 N–H and O–H groups in total. The fourth-order valence-corrected chi connectivity index (χ4v) is 3.92. The van der Waals surface area contributed by atoms with Gasteiger partial charge < -0.3 is 15.0 Å². The molecule has 3 aromatic carbocycles. The summed E-state index contributed by atoms with van der Waals surface area (Å²) in [6.45, 7) is 2.04. The number of fused-ring (bicyclic) bond motifs is 1. The largest absolute Gasteiger partial charge is 0.497 e. The van der Waals surface area contributed by atoms with Crippen molar-refractivity contribution in [1.82, 2.24) is 9.80 Å². The Morgan fingerprint density at radius 1 is 0.914 bits per heavy atom. The molecule has 8 heteroatoms. The first kappa shape index (κ1) is 23.7. The van der Waals surface area contributed by atoms with Gasteiger partial charge in [-0.3, -0.25) is 24.1 Å². The summed E-state index contributed by atoms with van der Waals surface area (Å²) < 4.78 is 5.16. The first-order chi connectivity index (χ1) is 16.9. The van der Waals surface area contributed by atoms with E-state index in [1.54, 1.807) is 31.2 Å². The normalized spacial score (nSPS) is 12.3. The van der Waals surface area contributed by atoms with E-state index in [0.29, 0.717) is 11.4 Å². The Bertz CT molecular complexity index is 1290. The van der Waals surface area contributed by atoms with Crippen molar-refractivity contribution >= 4 is 29.3 Å². The third-order valence-corrected chi connectivity index (χ3v) is 5.76. The van der Waals surface area contributed by atoms with Gasteiger partial charge in [-0.15, -0.1) is 0 Å². The number of hydrogen-bond donors (Lipinski definition) is 1. The molecular weight excluding hydrogens is 446 g/mol. The Morgan fingerprint density at radius 3 is 2.37 bits per heavy atom. The lowest BCUT2D eigenvalue weighted by atomic mass is 10.0. The lowest BCUT2D eigenvalue weighted by Gasteiger charge is -2.20. The number of hydrogen-bond acceptors (Lipinski definition) is 5. The molecule has 0 fully saturated rings. The van der Waals surface area contributed by atoms with E-state index in [4.69, 9.17) is 4.74 Å². The topological polar surface area (TPSA) is 96.0 Å². The lowest BCUT2D eigenvalue weighted by Crippen LogP contribution is -2.38. The highest BCUT2D eigenvalue weighted by molar-refractivity contribution is 6.22. The van der Waals surface area contributed by atoms with Gasteiger partial charge in [0.2, 0.25) is 5.91 Å². The molecule has 1 aliphatic rings. The number of rotatable bonds is 8. The molecule has 4 rings (SSSR count). The van der Waals surface area contributed by atoms with Crippen LogP contribution in [0.4, 0.5) is 5.69 Å². The fourth-order valence-electron chi connectivity index (χ4n) is 3.92. The van der Waals surface area contributed by atoms with Gasteiger partial charge in [-0.1, -0.05) is 36.4 Å². The van der Waals surface area contributed by atoms with Crippen LogP contribution in [0.25, 0.3) is 0 Å². The summed E-state index contributed by atoms with van der Waals surface area (Å²) in [5.74, 6) is -1.00. The lowest BCUT2D eigenvalue weighted by molar-refractivity contribution is -0.116. The molecule has 3 aromatic rings. The first-order valence-electron chi connectivity index (χ1n) is 11.2. The van der Waals surface area contributed by atoms with E-state index in [1.165, 1.54) is 35.1 Å². The van der Waals surface area contributed by atoms with Crippen molar-refractivity contribution in [3.63, 3.8) is 0 Å². The van der Waals surface area contributed by atoms with Crippen molar-refractivity contribution in [3.8, 4) is 5.75 Å². The van der Waals surface area contributed by atoms with Gasteiger partial charge in [0, 0.05) is 23.9 Å². The second kappa shape index (κ2) is 10.2. The van der Waals surface area contributed by atoms with E-state index in [-0.39, 0.29) is 42.2 Å². The molecule has 0 unspecified atom stereocenters. The quantitative estimate of drug-likeness (QED) is 0.507. The van der Waals surface area contributed by atoms with Crippen molar-refractivity contribution in [1.29, 1.82) is 0 Å². The Labute approximate surface area is 203 Å². The molecule has 1 heterocycles. The summed E-state index contributed by atoms with van der Waals surface area (Å²) in [4.78, 5) is 54.0. The molecule has 0 aliphatic carbocycles. The van der Waals surface area contributed by atoms with Crippen LogP contribution in [0.2, 0.25) is 0 Å². The van der Waals surface area contributed by atoms with E-state index >= 15 is 0 Å². The summed E-state index contributed by atoms with van der Waals surface area (Å²) in [7, 11) is 1.54. The van der Waals surface area contributed by atoms with Gasteiger partial charge in [0.05, 0.1) is 24.8 Å². The summed E-state index contributed by atoms with van der Waals surface area (Å²) >= 11 is 0. The number of nitrogens with zero attached hydrogens (tertiary/aromatic N) is 2. The maximum atomic E-state index is 13.1. The molecule has 178 valence electrons. The van der Waals surface area contributed by atoms with E-state index in [2.05, 4.69) is 5.32 Å². The molecule has 0 saturated heterocycles. The Balaban J connectivity index is 1.47. The van der Waals surface area contributed by atoms with Crippen LogP contribution in [0.15, 0.2) is 72.8 Å². The van der Waals surface area contributed by atoms with Crippen molar-refractivity contribution < 1.29 is 23.9 Å². The average Bonchev–Trinajstić information content (AvgIpc) is 3.11. The first-order valence-corrected chi connectivity index (χ1v) is 11.2. The minimum absolute atomic E-state index is 0.155. The van der Waals surface area contributed by atoms with Gasteiger partial charge in [-0.05, 0) is 42.8 Å². The van der Waals surface area contributed by atoms with Crippen LogP contribution in [0.3, 0.4) is 0 Å². The summed E-state index contributed by atoms with van der Waals surface area (Å²) in [6.07, 6.45) is 0. The zero-order valence-electron chi connectivity index (χ0n) is 19.5. The molecule has 1 aliphatic heterocycles. The van der Waals surface area contributed by atoms with Crippen LogP contribution >= 0.6 is 0 Å². The number of anilines is 1. The smallest absolute Gasteiger partial charge is 0.261 e. The van der Waals surface area contributed by atoms with E-state index in [9.17, 15) is 19.2 Å². The van der Waals surface area contributed by atoms with Gasteiger partial charge in [0.15, 0.2) is 0 Å². The van der Waals surface area contributed by atoms with Crippen molar-refractivity contribution in [2.75, 3.05) is 25.5 Å². The third kappa shape index (κ3) is 5.06. The number of likely N-dealkylation sites (N-methyl/N-ethyl adjacent to an activating group) is 1. The number of nitrogens with one attached hydrogen (secondary N) is 1. The van der Waals surface area contributed by atoms with Gasteiger partial charge in [0.25, 0.3) is 17.7 Å². The second-order valence-electron chi connectivity index (χ2n) is 8.04. The average molecular weight is 472 g/mol. The van der Waals surface area contributed by atoms with Gasteiger partial charge in [-0.2, -0.15) is 0 Å². The van der Waals surface area contributed by atoms with Crippen molar-refractivity contribution in [3.05, 3.63) is 95.1 Å². The number of ether oxygens (including phenoxy) is 1. The van der Waals surface area contributed by atoms with Crippen LogP contribution < -0.4 is 10.1 Å². The van der Waals surface area contributed by atoms with Crippen molar-refractivity contribution in [2.45, 2.75) is 13.5 Å². The Hall–Kier alpha value is -4.46. The standard InChI is InChI=1S/C27H25N3O5/c1-3-29(17-24(31)28-20-10-7-11-21(15-20)35-2)25(32)19-12-13-22-23(14-19)27(34)30(26(22)33)16-18-8-5-4-6-9-18/h4-15H,3,16-17H2,1-2H3,(H,28,31). The molecule has 0 atom stereocenters. The summed E-state index contributed by atoms with van der Waals surface area (Å²) in [6, 6.07) is 20.6. The molecule has 0 spiro atoms. The second-order valence-corrected chi connectivity index (χ2v) is 8.04. The van der Waals surface area contributed by atoms with Crippen LogP contribution in [0, 0.1) is 0 Å². The third-order valence-electron chi connectivity index (χ3n) is 5.76. The molecular formula is C27H25N3O5. The van der Waals surface area contributed by atoms with Gasteiger partial charge in [-0.25, -0.2) is 0 Å². The summed E-state index contributed by atoms with van der Waals surface area (Å²) in [5.41, 5.74) is 2.08. The minimum atomic E-state index is -0.442.